The standard InChI is InChI=1S/C18H20N4O4S/c19-27(25,26)14-7-5-13(6-8-14)9-10-20-17(23)11-22-12-18(24)21-15-3-1-2-4-16(15)22/h1-8H,9-12H2,(H,20,23)(H,21,24)(H2,19,25,26). The van der Waals surface area contributed by atoms with Gasteiger partial charge in [0.05, 0.1) is 29.4 Å². The number of hydrogen-bond donors (Lipinski definition) is 3. The Hall–Kier alpha value is -2.91. The number of fused-ring (bicyclic) bond motifs is 1. The number of carbonyl (C=O) groups excluding carboxylic acids is 2. The van der Waals surface area contributed by atoms with Crippen molar-refractivity contribution in [1.82, 2.24) is 5.32 Å². The van der Waals surface area contributed by atoms with Gasteiger partial charge in [0, 0.05) is 6.54 Å². The number of para-hydroxylation sites is 2. The zero-order chi connectivity index (χ0) is 19.4. The predicted molar refractivity (Wildman–Crippen MR) is 102 cm³/mol. The van der Waals surface area contributed by atoms with E-state index >= 15 is 0 Å². The van der Waals surface area contributed by atoms with E-state index < -0.39 is 10.0 Å². The minimum Gasteiger partial charge on any atom is -0.354 e. The second kappa shape index (κ2) is 7.77. The molecule has 0 saturated carbocycles. The van der Waals surface area contributed by atoms with Gasteiger partial charge in [0.2, 0.25) is 21.8 Å². The molecule has 3 rings (SSSR count). The van der Waals surface area contributed by atoms with Gasteiger partial charge in [0.15, 0.2) is 0 Å². The van der Waals surface area contributed by atoms with Crippen molar-refractivity contribution in [1.29, 1.82) is 0 Å². The summed E-state index contributed by atoms with van der Waals surface area (Å²) in [5.74, 6) is -0.350. The monoisotopic (exact) mass is 388 g/mol. The smallest absolute Gasteiger partial charge is 0.243 e. The highest BCUT2D eigenvalue weighted by Gasteiger charge is 2.23. The Morgan fingerprint density at radius 2 is 1.85 bits per heavy atom. The summed E-state index contributed by atoms with van der Waals surface area (Å²) in [6.07, 6.45) is 0.549. The molecule has 2 aromatic carbocycles. The van der Waals surface area contributed by atoms with Gasteiger partial charge in [-0.2, -0.15) is 0 Å². The lowest BCUT2D eigenvalue weighted by Gasteiger charge is -2.30. The Morgan fingerprint density at radius 1 is 1.15 bits per heavy atom. The van der Waals surface area contributed by atoms with E-state index in [0.29, 0.717) is 18.7 Å². The van der Waals surface area contributed by atoms with Crippen LogP contribution in [-0.4, -0.2) is 39.9 Å². The zero-order valence-corrected chi connectivity index (χ0v) is 15.3. The quantitative estimate of drug-likeness (QED) is 0.663. The molecule has 2 aromatic rings. The molecule has 0 unspecified atom stereocenters. The Kier molecular flexibility index (Phi) is 5.43. The summed E-state index contributed by atoms with van der Waals surface area (Å²) in [6.45, 7) is 0.601. The highest BCUT2D eigenvalue weighted by atomic mass is 32.2. The lowest BCUT2D eigenvalue weighted by atomic mass is 10.1. The lowest BCUT2D eigenvalue weighted by Crippen LogP contribution is -2.44. The van der Waals surface area contributed by atoms with Crippen molar-refractivity contribution in [3.05, 3.63) is 54.1 Å². The first-order chi connectivity index (χ1) is 12.8. The molecule has 1 heterocycles. The highest BCUT2D eigenvalue weighted by Crippen LogP contribution is 2.28. The molecular formula is C18H20N4O4S. The molecule has 0 atom stereocenters. The third-order valence-electron chi connectivity index (χ3n) is 4.18. The molecule has 4 N–H and O–H groups in total. The van der Waals surface area contributed by atoms with Crippen molar-refractivity contribution in [2.24, 2.45) is 5.14 Å². The zero-order valence-electron chi connectivity index (χ0n) is 14.5. The van der Waals surface area contributed by atoms with Crippen molar-refractivity contribution in [3.8, 4) is 0 Å². The van der Waals surface area contributed by atoms with Crippen LogP contribution in [0.25, 0.3) is 0 Å². The molecule has 0 saturated heterocycles. The van der Waals surface area contributed by atoms with Crippen LogP contribution in [0.3, 0.4) is 0 Å². The number of primary sulfonamides is 1. The minimum absolute atomic E-state index is 0.0531. The molecule has 142 valence electrons. The van der Waals surface area contributed by atoms with Gasteiger partial charge in [-0.05, 0) is 36.2 Å². The molecule has 2 amide bonds. The first-order valence-corrected chi connectivity index (χ1v) is 9.90. The molecule has 1 aliphatic rings. The fourth-order valence-electron chi connectivity index (χ4n) is 2.87. The second-order valence-electron chi connectivity index (χ2n) is 6.21. The number of carbonyl (C=O) groups is 2. The summed E-state index contributed by atoms with van der Waals surface area (Å²) in [4.78, 5) is 25.8. The van der Waals surface area contributed by atoms with Gasteiger partial charge in [-0.3, -0.25) is 9.59 Å². The van der Waals surface area contributed by atoms with E-state index in [1.807, 2.05) is 18.2 Å². The van der Waals surface area contributed by atoms with Gasteiger partial charge in [0.25, 0.3) is 0 Å². The van der Waals surface area contributed by atoms with Gasteiger partial charge >= 0.3 is 0 Å². The van der Waals surface area contributed by atoms with Crippen LogP contribution >= 0.6 is 0 Å². The van der Waals surface area contributed by atoms with Gasteiger partial charge < -0.3 is 15.5 Å². The maximum Gasteiger partial charge on any atom is 0.243 e. The largest absolute Gasteiger partial charge is 0.354 e. The fourth-order valence-corrected chi connectivity index (χ4v) is 3.38. The maximum absolute atomic E-state index is 12.2. The molecule has 0 bridgehead atoms. The second-order valence-corrected chi connectivity index (χ2v) is 7.77. The minimum atomic E-state index is -3.71. The molecule has 1 aliphatic heterocycles. The Balaban J connectivity index is 1.53. The molecule has 0 fully saturated rings. The SMILES string of the molecule is NS(=O)(=O)c1ccc(CCNC(=O)CN2CC(=O)Nc3ccccc32)cc1. The molecule has 8 nitrogen and oxygen atoms in total. The summed E-state index contributed by atoms with van der Waals surface area (Å²) in [5, 5.41) is 10.7. The lowest BCUT2D eigenvalue weighted by molar-refractivity contribution is -0.119. The Labute approximate surface area is 157 Å². The van der Waals surface area contributed by atoms with Crippen molar-refractivity contribution >= 4 is 33.2 Å². The average Bonchev–Trinajstić information content (AvgIpc) is 2.61. The summed E-state index contributed by atoms with van der Waals surface area (Å²) in [6, 6.07) is 13.5. The van der Waals surface area contributed by atoms with Crippen LogP contribution in [0.1, 0.15) is 5.56 Å². The summed E-state index contributed by atoms with van der Waals surface area (Å²) in [7, 11) is -3.71. The third-order valence-corrected chi connectivity index (χ3v) is 5.10. The normalized spacial score (nSPS) is 13.7. The number of hydrogen-bond acceptors (Lipinski definition) is 5. The molecule has 0 spiro atoms. The predicted octanol–water partition coefficient (Wildman–Crippen LogP) is 0.451. The van der Waals surface area contributed by atoms with E-state index in [-0.39, 0.29) is 29.8 Å². The van der Waals surface area contributed by atoms with E-state index in [4.69, 9.17) is 5.14 Å². The number of nitrogens with zero attached hydrogens (tertiary/aromatic N) is 1. The van der Waals surface area contributed by atoms with E-state index in [9.17, 15) is 18.0 Å². The topological polar surface area (TPSA) is 122 Å². The number of amides is 2. The number of nitrogens with one attached hydrogen (secondary N) is 2. The van der Waals surface area contributed by atoms with Crippen molar-refractivity contribution in [3.63, 3.8) is 0 Å². The van der Waals surface area contributed by atoms with Gasteiger partial charge in [-0.1, -0.05) is 24.3 Å². The number of nitrogens with two attached hydrogens (primary N) is 1. The van der Waals surface area contributed by atoms with Crippen LogP contribution in [0.15, 0.2) is 53.4 Å². The van der Waals surface area contributed by atoms with Crippen LogP contribution < -0.4 is 20.7 Å². The van der Waals surface area contributed by atoms with Crippen molar-refractivity contribution < 1.29 is 18.0 Å². The summed E-state index contributed by atoms with van der Waals surface area (Å²) < 4.78 is 22.5. The first kappa shape index (κ1) is 18.9. The van der Waals surface area contributed by atoms with Crippen LogP contribution in [0.5, 0.6) is 0 Å². The number of benzene rings is 2. The first-order valence-electron chi connectivity index (χ1n) is 8.35. The van der Waals surface area contributed by atoms with Crippen molar-refractivity contribution in [2.45, 2.75) is 11.3 Å². The van der Waals surface area contributed by atoms with Gasteiger partial charge in [-0.15, -0.1) is 0 Å². The molecule has 0 radical (unpaired) electrons. The van der Waals surface area contributed by atoms with Crippen LogP contribution in [0.4, 0.5) is 11.4 Å². The average molecular weight is 388 g/mol. The number of rotatable bonds is 6. The van der Waals surface area contributed by atoms with Crippen LogP contribution in [0.2, 0.25) is 0 Å². The summed E-state index contributed by atoms with van der Waals surface area (Å²) >= 11 is 0. The maximum atomic E-state index is 12.2. The van der Waals surface area contributed by atoms with E-state index in [1.165, 1.54) is 12.1 Å². The van der Waals surface area contributed by atoms with Crippen LogP contribution in [-0.2, 0) is 26.0 Å². The molecule has 9 heteroatoms. The Morgan fingerprint density at radius 3 is 2.56 bits per heavy atom. The van der Waals surface area contributed by atoms with Gasteiger partial charge in [-0.25, -0.2) is 13.6 Å². The number of anilines is 2. The summed E-state index contributed by atoms with van der Waals surface area (Å²) in [5.41, 5.74) is 2.38. The molecule has 0 aromatic heterocycles. The highest BCUT2D eigenvalue weighted by molar-refractivity contribution is 7.89. The molecule has 27 heavy (non-hydrogen) atoms. The van der Waals surface area contributed by atoms with E-state index in [1.54, 1.807) is 23.1 Å². The van der Waals surface area contributed by atoms with E-state index in [0.717, 1.165) is 11.3 Å². The molecular weight excluding hydrogens is 368 g/mol. The van der Waals surface area contributed by atoms with Crippen molar-refractivity contribution in [2.75, 3.05) is 29.9 Å². The third kappa shape index (κ3) is 4.83. The molecule has 0 aliphatic carbocycles. The number of sulfonamides is 1. The van der Waals surface area contributed by atoms with Gasteiger partial charge in [0.1, 0.15) is 0 Å². The fraction of sp³-hybridized carbons (Fsp3) is 0.222. The Bertz CT molecular complexity index is 958. The van der Waals surface area contributed by atoms with E-state index in [2.05, 4.69) is 10.6 Å². The van der Waals surface area contributed by atoms with Crippen LogP contribution in [0, 0.1) is 0 Å².